The van der Waals surface area contributed by atoms with E-state index in [1.165, 1.54) is 47.1 Å². The molecule has 0 amide bonds. The van der Waals surface area contributed by atoms with Gasteiger partial charge in [-0.3, -0.25) is 0 Å². The standard InChI is InChI=1S/C39H40ClN/c1-25-19-27-21-29(20-25)39(24-26(27)2)34-14-10-9-13-32(34)33-22-36(40)37(23-35(33)39)41(30-11-7-6-8-12-30)31-17-15-28(16-18-31)38(3,4)5/h6-18,22-25,27,29H,19-21H2,1-5H3. The van der Waals surface area contributed by atoms with Crippen molar-refractivity contribution in [1.82, 2.24) is 0 Å². The van der Waals surface area contributed by atoms with Crippen LogP contribution >= 0.6 is 11.6 Å². The van der Waals surface area contributed by atoms with Gasteiger partial charge < -0.3 is 4.90 Å². The largest absolute Gasteiger partial charge is 0.309 e. The van der Waals surface area contributed by atoms with Crippen molar-refractivity contribution < 1.29 is 0 Å². The Labute approximate surface area is 250 Å². The van der Waals surface area contributed by atoms with Crippen LogP contribution < -0.4 is 4.90 Å². The summed E-state index contributed by atoms with van der Waals surface area (Å²) in [6, 6.07) is 33.5. The molecule has 0 heterocycles. The van der Waals surface area contributed by atoms with Crippen LogP contribution in [0.2, 0.25) is 5.02 Å². The van der Waals surface area contributed by atoms with Crippen LogP contribution in [0.15, 0.2) is 103 Å². The van der Waals surface area contributed by atoms with E-state index in [0.717, 1.165) is 28.0 Å². The van der Waals surface area contributed by atoms with Crippen molar-refractivity contribution in [2.75, 3.05) is 4.90 Å². The Morgan fingerprint density at radius 3 is 2.17 bits per heavy atom. The summed E-state index contributed by atoms with van der Waals surface area (Å²) < 4.78 is 0. The van der Waals surface area contributed by atoms with Crippen LogP contribution in [0.4, 0.5) is 17.1 Å². The van der Waals surface area contributed by atoms with E-state index in [1.54, 1.807) is 5.57 Å². The summed E-state index contributed by atoms with van der Waals surface area (Å²) in [7, 11) is 0. The van der Waals surface area contributed by atoms with Crippen LogP contribution in [0.1, 0.15) is 70.6 Å². The molecule has 41 heavy (non-hydrogen) atoms. The summed E-state index contributed by atoms with van der Waals surface area (Å²) in [5, 5.41) is 0.783. The van der Waals surface area contributed by atoms with Crippen LogP contribution in [0.25, 0.3) is 11.1 Å². The first-order valence-electron chi connectivity index (χ1n) is 15.3. The molecule has 4 unspecified atom stereocenters. The molecule has 1 fully saturated rings. The van der Waals surface area contributed by atoms with Gasteiger partial charge in [-0.15, -0.1) is 0 Å². The number of rotatable bonds is 3. The Balaban J connectivity index is 1.47. The molecule has 0 aliphatic heterocycles. The average Bonchev–Trinajstić information content (AvgIpc) is 3.22. The van der Waals surface area contributed by atoms with Gasteiger partial charge >= 0.3 is 0 Å². The monoisotopic (exact) mass is 557 g/mol. The molecule has 1 spiro atoms. The van der Waals surface area contributed by atoms with Crippen molar-refractivity contribution in [2.24, 2.45) is 17.8 Å². The molecule has 0 saturated heterocycles. The van der Waals surface area contributed by atoms with E-state index in [9.17, 15) is 0 Å². The van der Waals surface area contributed by atoms with Gasteiger partial charge in [0.05, 0.1) is 10.7 Å². The highest BCUT2D eigenvalue weighted by molar-refractivity contribution is 6.34. The number of para-hydroxylation sites is 1. The molecule has 4 aromatic carbocycles. The fourth-order valence-corrected chi connectivity index (χ4v) is 8.42. The molecule has 3 aliphatic rings. The maximum Gasteiger partial charge on any atom is 0.0653 e. The van der Waals surface area contributed by atoms with Gasteiger partial charge in [-0.25, -0.2) is 0 Å². The van der Waals surface area contributed by atoms with E-state index < -0.39 is 0 Å². The predicted octanol–water partition coefficient (Wildman–Crippen LogP) is 11.4. The SMILES string of the molecule is CC1=CC2(c3ccccc3-c3cc(Cl)c(N(c4ccccc4)c4ccc(C(C)(C)C)cc4)cc32)C2CC(C)CC1C2. The highest BCUT2D eigenvalue weighted by Gasteiger charge is 2.52. The summed E-state index contributed by atoms with van der Waals surface area (Å²) in [6.45, 7) is 11.6. The van der Waals surface area contributed by atoms with Gasteiger partial charge in [0.25, 0.3) is 0 Å². The first-order chi connectivity index (χ1) is 19.7. The van der Waals surface area contributed by atoms with Gasteiger partial charge in [-0.1, -0.05) is 106 Å². The van der Waals surface area contributed by atoms with Gasteiger partial charge in [0.2, 0.25) is 0 Å². The normalized spacial score (nSPS) is 24.5. The van der Waals surface area contributed by atoms with E-state index in [1.807, 2.05) is 0 Å². The zero-order chi connectivity index (χ0) is 28.5. The van der Waals surface area contributed by atoms with E-state index in [-0.39, 0.29) is 10.8 Å². The summed E-state index contributed by atoms with van der Waals surface area (Å²) in [6.07, 6.45) is 6.52. The van der Waals surface area contributed by atoms with Gasteiger partial charge in [0, 0.05) is 16.8 Å². The quantitative estimate of drug-likeness (QED) is 0.226. The number of hydrogen-bond acceptors (Lipinski definition) is 1. The molecule has 3 aliphatic carbocycles. The van der Waals surface area contributed by atoms with Crippen molar-refractivity contribution in [2.45, 2.75) is 64.7 Å². The second-order valence-corrected chi connectivity index (χ2v) is 14.2. The zero-order valence-electron chi connectivity index (χ0n) is 24.9. The van der Waals surface area contributed by atoms with Crippen molar-refractivity contribution in [3.63, 3.8) is 0 Å². The van der Waals surface area contributed by atoms with Crippen LogP contribution in [-0.4, -0.2) is 0 Å². The molecule has 208 valence electrons. The summed E-state index contributed by atoms with van der Waals surface area (Å²) in [4.78, 5) is 2.34. The minimum Gasteiger partial charge on any atom is -0.309 e. The van der Waals surface area contributed by atoms with Crippen LogP contribution in [0.5, 0.6) is 0 Å². The highest BCUT2D eigenvalue weighted by atomic mass is 35.5. The van der Waals surface area contributed by atoms with Crippen molar-refractivity contribution >= 4 is 28.7 Å². The molecule has 4 atom stereocenters. The molecular formula is C39H40ClN. The van der Waals surface area contributed by atoms with E-state index in [0.29, 0.717) is 11.8 Å². The lowest BCUT2D eigenvalue weighted by molar-refractivity contribution is 0.168. The summed E-state index contributed by atoms with van der Waals surface area (Å²) in [5.41, 5.74) is 11.7. The summed E-state index contributed by atoms with van der Waals surface area (Å²) in [5.74, 6) is 2.04. The van der Waals surface area contributed by atoms with Crippen molar-refractivity contribution in [3.05, 3.63) is 124 Å². The number of allylic oxidation sites excluding steroid dienone is 2. The number of fused-ring (bicyclic) bond motifs is 8. The average molecular weight is 558 g/mol. The fraction of sp³-hybridized carbons (Fsp3) is 0.333. The minimum absolute atomic E-state index is 0.0969. The Bertz CT molecular complexity index is 1640. The number of hydrogen-bond donors (Lipinski definition) is 0. The number of anilines is 3. The molecule has 0 N–H and O–H groups in total. The lowest BCUT2D eigenvalue weighted by Gasteiger charge is -2.49. The number of benzene rings is 4. The zero-order valence-corrected chi connectivity index (χ0v) is 25.7. The maximum atomic E-state index is 7.30. The molecule has 2 bridgehead atoms. The van der Waals surface area contributed by atoms with E-state index in [2.05, 4.69) is 137 Å². The van der Waals surface area contributed by atoms with E-state index in [4.69, 9.17) is 11.6 Å². The Morgan fingerprint density at radius 2 is 1.44 bits per heavy atom. The summed E-state index contributed by atoms with van der Waals surface area (Å²) >= 11 is 7.30. The number of halogens is 1. The molecule has 7 rings (SSSR count). The molecule has 4 aromatic rings. The van der Waals surface area contributed by atoms with Gasteiger partial charge in [0.15, 0.2) is 0 Å². The first kappa shape index (κ1) is 26.6. The van der Waals surface area contributed by atoms with Gasteiger partial charge in [-0.2, -0.15) is 0 Å². The van der Waals surface area contributed by atoms with Crippen LogP contribution in [0, 0.1) is 17.8 Å². The smallest absolute Gasteiger partial charge is 0.0653 e. The van der Waals surface area contributed by atoms with Gasteiger partial charge in [0.1, 0.15) is 0 Å². The highest BCUT2D eigenvalue weighted by Crippen LogP contribution is 2.62. The fourth-order valence-electron chi connectivity index (χ4n) is 8.17. The molecule has 0 radical (unpaired) electrons. The third-order valence-electron chi connectivity index (χ3n) is 10.1. The minimum atomic E-state index is -0.112. The van der Waals surface area contributed by atoms with E-state index >= 15 is 0 Å². The second-order valence-electron chi connectivity index (χ2n) is 13.8. The lowest BCUT2D eigenvalue weighted by atomic mass is 9.55. The number of nitrogens with zero attached hydrogens (tertiary/aromatic N) is 1. The van der Waals surface area contributed by atoms with Crippen molar-refractivity contribution in [1.29, 1.82) is 0 Å². The topological polar surface area (TPSA) is 3.24 Å². The Morgan fingerprint density at radius 1 is 0.756 bits per heavy atom. The molecule has 0 aromatic heterocycles. The lowest BCUT2D eigenvalue weighted by Crippen LogP contribution is -2.42. The molecular weight excluding hydrogens is 518 g/mol. The predicted molar refractivity (Wildman–Crippen MR) is 175 cm³/mol. The molecule has 1 saturated carbocycles. The Hall–Kier alpha value is -3.29. The Kier molecular flexibility index (Phi) is 6.25. The van der Waals surface area contributed by atoms with Crippen LogP contribution in [-0.2, 0) is 10.8 Å². The molecule has 2 heteroatoms. The molecule has 1 nitrogen and oxygen atoms in total. The van der Waals surface area contributed by atoms with Crippen molar-refractivity contribution in [3.8, 4) is 11.1 Å². The third-order valence-corrected chi connectivity index (χ3v) is 10.4. The maximum absolute atomic E-state index is 7.30. The van der Waals surface area contributed by atoms with Gasteiger partial charge in [-0.05, 0) is 114 Å². The van der Waals surface area contributed by atoms with Crippen LogP contribution in [0.3, 0.4) is 0 Å². The third kappa shape index (κ3) is 4.19. The second kappa shape index (κ2) is 9.63. The first-order valence-corrected chi connectivity index (χ1v) is 15.6.